The summed E-state index contributed by atoms with van der Waals surface area (Å²) in [6, 6.07) is 1.69. The lowest BCUT2D eigenvalue weighted by Gasteiger charge is -2.55. The van der Waals surface area contributed by atoms with Gasteiger partial charge < -0.3 is 21.1 Å². The van der Waals surface area contributed by atoms with E-state index in [-0.39, 0.29) is 23.2 Å². The number of rotatable bonds is 4. The number of primary amides is 1. The molecule has 5 N–H and O–H groups in total. The average molecular weight is 558 g/mol. The number of aliphatic hydroxyl groups excluding tert-OH is 1. The molecule has 0 radical (unpaired) electrons. The van der Waals surface area contributed by atoms with Gasteiger partial charge in [-0.1, -0.05) is 18.7 Å². The third kappa shape index (κ3) is 3.80. The number of phenols is 1. The Morgan fingerprint density at radius 3 is 2.38 bits per heavy atom. The van der Waals surface area contributed by atoms with Gasteiger partial charge in [-0.15, -0.1) is 0 Å². The molecule has 1 aromatic carbocycles. The predicted molar refractivity (Wildman–Crippen MR) is 137 cm³/mol. The fraction of sp³-hybridized carbons (Fsp3) is 0.536. The average Bonchev–Trinajstić information content (AvgIpc) is 2.88. The van der Waals surface area contributed by atoms with E-state index in [1.807, 2.05) is 4.90 Å². The molecule has 1 aliphatic heterocycles. The number of carbonyl (C=O) groups excluding carboxylic acids is 5. The van der Waals surface area contributed by atoms with Gasteiger partial charge in [0, 0.05) is 31.1 Å². The fourth-order valence-corrected chi connectivity index (χ4v) is 7.08. The number of halogens is 1. The van der Waals surface area contributed by atoms with E-state index in [9.17, 15) is 43.7 Å². The summed E-state index contributed by atoms with van der Waals surface area (Å²) in [5.74, 6) is -13.4. The third-order valence-corrected chi connectivity index (χ3v) is 9.08. The zero-order valence-electron chi connectivity index (χ0n) is 22.2. The number of nitrogens with two attached hydrogens (primary N) is 1. The number of hydrogen-bond donors (Lipinski definition) is 4. The second-order valence-corrected chi connectivity index (χ2v) is 11.5. The molecule has 5 rings (SSSR count). The SMILES string of the molecule is C=C1c2ccc(CN3CCC(F)CC3)c(O)c2C(=O)C2C(=O)[C@]3(O)C(=O)C(C(N)=O)C(=O)[C@@H](N(C)C)[C@@H]3[C@@H](O)[C@H]12. The molecule has 2 saturated carbocycles. The molecule has 0 spiro atoms. The number of Topliss-reactive ketones (excluding diaryl/α,β-unsaturated/α-hetero) is 4. The molecule has 12 heteroatoms. The molecule has 40 heavy (non-hydrogen) atoms. The van der Waals surface area contributed by atoms with E-state index in [0.29, 0.717) is 31.5 Å². The largest absolute Gasteiger partial charge is 0.507 e. The Labute approximate surface area is 229 Å². The first-order valence-corrected chi connectivity index (χ1v) is 13.2. The molecule has 0 bridgehead atoms. The van der Waals surface area contributed by atoms with Gasteiger partial charge in [-0.3, -0.25) is 33.8 Å². The normalized spacial score (nSPS) is 35.0. The quantitative estimate of drug-likeness (QED) is 0.344. The van der Waals surface area contributed by atoms with Crippen LogP contribution in [0, 0.1) is 23.7 Å². The maximum absolute atomic E-state index is 14.0. The van der Waals surface area contributed by atoms with Crippen molar-refractivity contribution in [3.05, 3.63) is 35.4 Å². The molecule has 1 amide bonds. The third-order valence-electron chi connectivity index (χ3n) is 9.08. The van der Waals surface area contributed by atoms with Gasteiger partial charge >= 0.3 is 0 Å². The van der Waals surface area contributed by atoms with Crippen LogP contribution in [-0.4, -0.2) is 105 Å². The van der Waals surface area contributed by atoms with E-state index in [2.05, 4.69) is 6.58 Å². The van der Waals surface area contributed by atoms with Crippen LogP contribution in [0.4, 0.5) is 4.39 Å². The maximum atomic E-state index is 14.0. The van der Waals surface area contributed by atoms with Crippen LogP contribution in [-0.2, 0) is 25.7 Å². The molecule has 1 saturated heterocycles. The number of aromatic hydroxyl groups is 1. The van der Waals surface area contributed by atoms with Crippen molar-refractivity contribution < 1.29 is 43.7 Å². The van der Waals surface area contributed by atoms with Crippen LogP contribution in [0.2, 0.25) is 0 Å². The van der Waals surface area contributed by atoms with Crippen LogP contribution in [0.5, 0.6) is 5.75 Å². The van der Waals surface area contributed by atoms with E-state index in [0.717, 1.165) is 0 Å². The highest BCUT2D eigenvalue weighted by molar-refractivity contribution is 6.33. The Morgan fingerprint density at radius 2 is 1.80 bits per heavy atom. The molecule has 214 valence electrons. The number of fused-ring (bicyclic) bond motifs is 3. The lowest BCUT2D eigenvalue weighted by Crippen LogP contribution is -2.77. The highest BCUT2D eigenvalue weighted by atomic mass is 19.1. The smallest absolute Gasteiger partial charge is 0.235 e. The number of likely N-dealkylation sites (tertiary alicyclic amines) is 1. The number of nitrogens with zero attached hydrogens (tertiary/aromatic N) is 2. The Morgan fingerprint density at radius 1 is 1.18 bits per heavy atom. The summed E-state index contributed by atoms with van der Waals surface area (Å²) in [7, 11) is 2.85. The molecule has 1 heterocycles. The molecule has 0 aromatic heterocycles. The summed E-state index contributed by atoms with van der Waals surface area (Å²) < 4.78 is 13.6. The van der Waals surface area contributed by atoms with E-state index in [1.54, 1.807) is 12.1 Å². The maximum Gasteiger partial charge on any atom is 0.235 e. The minimum atomic E-state index is -3.07. The first-order chi connectivity index (χ1) is 18.7. The van der Waals surface area contributed by atoms with Crippen molar-refractivity contribution in [1.82, 2.24) is 9.80 Å². The van der Waals surface area contributed by atoms with Gasteiger partial charge in [0.25, 0.3) is 0 Å². The summed E-state index contributed by atoms with van der Waals surface area (Å²) in [5.41, 5.74) is 2.68. The Bertz CT molecular complexity index is 1350. The van der Waals surface area contributed by atoms with Crippen molar-refractivity contribution in [3.8, 4) is 5.75 Å². The Balaban J connectivity index is 1.60. The van der Waals surface area contributed by atoms with Crippen LogP contribution in [0.15, 0.2) is 18.7 Å². The first kappa shape index (κ1) is 28.2. The van der Waals surface area contributed by atoms with Crippen LogP contribution >= 0.6 is 0 Å². The minimum Gasteiger partial charge on any atom is -0.507 e. The summed E-state index contributed by atoms with van der Waals surface area (Å²) in [5, 5.41) is 34.4. The number of carbonyl (C=O) groups is 5. The number of benzene rings is 1. The van der Waals surface area contributed by atoms with Crippen LogP contribution in [0.3, 0.4) is 0 Å². The van der Waals surface area contributed by atoms with Crippen molar-refractivity contribution >= 4 is 34.6 Å². The standard InChI is InChI=1S/C28H32FN3O8/c1-11-14-5-4-12(10-32-8-6-13(29)7-9-32)21(33)16(14)22(34)17-15(11)23(35)19-20(31(2)3)24(36)18(27(30)39)26(38)28(19,40)25(17)37/h4-5,13,15,17-20,23,33,35,40H,1,6-10H2,2-3H3,(H2,30,39)/t15-,17?,18?,19-,20+,23+,28+/m1/s1. The lowest BCUT2D eigenvalue weighted by molar-refractivity contribution is -0.192. The van der Waals surface area contributed by atoms with Crippen LogP contribution < -0.4 is 5.73 Å². The van der Waals surface area contributed by atoms with Crippen molar-refractivity contribution in [2.45, 2.75) is 43.3 Å². The molecular weight excluding hydrogens is 525 g/mol. The van der Waals surface area contributed by atoms with Crippen molar-refractivity contribution in [3.63, 3.8) is 0 Å². The highest BCUT2D eigenvalue weighted by Gasteiger charge is 2.72. The number of hydrogen-bond acceptors (Lipinski definition) is 10. The zero-order valence-corrected chi connectivity index (χ0v) is 22.2. The summed E-state index contributed by atoms with van der Waals surface area (Å²) >= 11 is 0. The molecular formula is C28H32FN3O8. The zero-order chi connectivity index (χ0) is 29.4. The first-order valence-electron chi connectivity index (χ1n) is 13.2. The molecule has 3 fully saturated rings. The lowest BCUT2D eigenvalue weighted by atomic mass is 9.50. The summed E-state index contributed by atoms with van der Waals surface area (Å²) in [6.45, 7) is 5.13. The number of aliphatic hydroxyl groups is 2. The summed E-state index contributed by atoms with van der Waals surface area (Å²) in [6.07, 6.45) is -1.98. The van der Waals surface area contributed by atoms with Crippen LogP contribution in [0.1, 0.15) is 34.3 Å². The molecule has 2 unspecified atom stereocenters. The molecule has 1 aromatic rings. The van der Waals surface area contributed by atoms with Gasteiger partial charge in [-0.05, 0) is 38.1 Å². The van der Waals surface area contributed by atoms with Gasteiger partial charge in [-0.25, -0.2) is 4.39 Å². The van der Waals surface area contributed by atoms with E-state index >= 15 is 0 Å². The number of amides is 1. The van der Waals surface area contributed by atoms with E-state index in [4.69, 9.17) is 5.73 Å². The topological polar surface area (TPSA) is 179 Å². The number of ketones is 4. The van der Waals surface area contributed by atoms with Crippen molar-refractivity contribution in [2.75, 3.05) is 27.2 Å². The predicted octanol–water partition coefficient (Wildman–Crippen LogP) is -0.758. The Kier molecular flexibility index (Phi) is 6.81. The monoisotopic (exact) mass is 557 g/mol. The van der Waals surface area contributed by atoms with E-state index < -0.39 is 82.4 Å². The molecule has 3 aliphatic carbocycles. The molecule has 11 nitrogen and oxygen atoms in total. The minimum absolute atomic E-state index is 0.122. The Hall–Kier alpha value is -3.32. The van der Waals surface area contributed by atoms with Crippen molar-refractivity contribution in [2.24, 2.45) is 29.4 Å². The van der Waals surface area contributed by atoms with E-state index in [1.165, 1.54) is 19.0 Å². The summed E-state index contributed by atoms with van der Waals surface area (Å²) in [4.78, 5) is 69.8. The molecule has 4 aliphatic rings. The second kappa shape index (κ2) is 9.65. The van der Waals surface area contributed by atoms with Gasteiger partial charge in [0.2, 0.25) is 5.91 Å². The molecule has 7 atom stereocenters. The number of likely N-dealkylation sites (N-methyl/N-ethyl adjacent to an activating group) is 1. The number of piperidine rings is 1. The second-order valence-electron chi connectivity index (χ2n) is 11.5. The van der Waals surface area contributed by atoms with Gasteiger partial charge in [0.1, 0.15) is 11.9 Å². The van der Waals surface area contributed by atoms with Crippen molar-refractivity contribution in [1.29, 1.82) is 0 Å². The van der Waals surface area contributed by atoms with Crippen LogP contribution in [0.25, 0.3) is 5.57 Å². The number of alkyl halides is 1. The van der Waals surface area contributed by atoms with Gasteiger partial charge in [0.15, 0.2) is 34.7 Å². The highest BCUT2D eigenvalue weighted by Crippen LogP contribution is 2.54. The van der Waals surface area contributed by atoms with Gasteiger partial charge in [-0.2, -0.15) is 0 Å². The van der Waals surface area contributed by atoms with Gasteiger partial charge in [0.05, 0.1) is 29.5 Å². The number of phenolic OH excluding ortho intramolecular Hbond substituents is 1. The fourth-order valence-electron chi connectivity index (χ4n) is 7.08.